The topological polar surface area (TPSA) is 92.7 Å². The second-order valence-electron chi connectivity index (χ2n) is 4.74. The monoisotopic (exact) mass is 291 g/mol. The molecule has 0 aliphatic rings. The number of furan rings is 2. The molecular weight excluding hydrogens is 274 g/mol. The van der Waals surface area contributed by atoms with Crippen LogP contribution in [0.25, 0.3) is 0 Å². The first-order chi connectivity index (χ1) is 9.92. The largest absolute Gasteiger partial charge is 0.478 e. The van der Waals surface area contributed by atoms with Crippen LogP contribution in [-0.2, 0) is 13.0 Å². The Bertz CT molecular complexity index is 680. The summed E-state index contributed by atoms with van der Waals surface area (Å²) in [7, 11) is 0. The minimum absolute atomic E-state index is 0.0985. The first-order valence-electron chi connectivity index (χ1n) is 6.62. The van der Waals surface area contributed by atoms with Gasteiger partial charge in [-0.25, -0.2) is 4.79 Å². The molecule has 0 bridgehead atoms. The maximum absolute atomic E-state index is 12.0. The summed E-state index contributed by atoms with van der Waals surface area (Å²) >= 11 is 0. The third kappa shape index (κ3) is 3.16. The molecule has 2 heterocycles. The summed E-state index contributed by atoms with van der Waals surface area (Å²) in [4.78, 5) is 22.9. The van der Waals surface area contributed by atoms with Crippen molar-refractivity contribution in [3.63, 3.8) is 0 Å². The zero-order chi connectivity index (χ0) is 15.6. The van der Waals surface area contributed by atoms with Crippen molar-refractivity contribution >= 4 is 11.9 Å². The SMILES string of the molecule is CCc1oc(C(=O)NCc2cc(C(=O)O)c(C)o2)cc1C. The Hall–Kier alpha value is -2.50. The van der Waals surface area contributed by atoms with Gasteiger partial charge in [-0.15, -0.1) is 0 Å². The molecule has 0 saturated carbocycles. The van der Waals surface area contributed by atoms with Crippen LogP contribution in [-0.4, -0.2) is 17.0 Å². The summed E-state index contributed by atoms with van der Waals surface area (Å²) in [6, 6.07) is 3.09. The van der Waals surface area contributed by atoms with Crippen LogP contribution >= 0.6 is 0 Å². The molecule has 21 heavy (non-hydrogen) atoms. The van der Waals surface area contributed by atoms with Gasteiger partial charge in [0.05, 0.1) is 6.54 Å². The summed E-state index contributed by atoms with van der Waals surface area (Å²) in [6.45, 7) is 5.51. The van der Waals surface area contributed by atoms with E-state index in [1.54, 1.807) is 13.0 Å². The highest BCUT2D eigenvalue weighted by molar-refractivity contribution is 5.92. The third-order valence-corrected chi connectivity index (χ3v) is 3.19. The van der Waals surface area contributed by atoms with Gasteiger partial charge in [0.2, 0.25) is 0 Å². The molecule has 2 N–H and O–H groups in total. The first kappa shape index (κ1) is 14.9. The summed E-state index contributed by atoms with van der Waals surface area (Å²) in [5, 5.41) is 11.6. The van der Waals surface area contributed by atoms with Crippen LogP contribution in [0.1, 0.15) is 50.7 Å². The van der Waals surface area contributed by atoms with Gasteiger partial charge in [-0.05, 0) is 31.5 Å². The Morgan fingerprint density at radius 2 is 1.95 bits per heavy atom. The minimum atomic E-state index is -1.05. The number of hydrogen-bond acceptors (Lipinski definition) is 4. The molecular formula is C15H17NO5. The molecule has 112 valence electrons. The Labute approximate surface area is 121 Å². The van der Waals surface area contributed by atoms with Crippen LogP contribution < -0.4 is 5.32 Å². The Balaban J connectivity index is 2.03. The van der Waals surface area contributed by atoms with Crippen molar-refractivity contribution in [3.8, 4) is 0 Å². The van der Waals surface area contributed by atoms with Crippen molar-refractivity contribution in [2.24, 2.45) is 0 Å². The number of aromatic carboxylic acids is 1. The molecule has 0 aromatic carbocycles. The highest BCUT2D eigenvalue weighted by atomic mass is 16.4. The molecule has 2 aromatic rings. The molecule has 0 unspecified atom stereocenters. The lowest BCUT2D eigenvalue weighted by molar-refractivity contribution is 0.0694. The normalized spacial score (nSPS) is 10.6. The Morgan fingerprint density at radius 1 is 1.24 bits per heavy atom. The molecule has 2 rings (SSSR count). The van der Waals surface area contributed by atoms with Crippen LogP contribution in [0.4, 0.5) is 0 Å². The predicted octanol–water partition coefficient (Wildman–Crippen LogP) is 2.68. The van der Waals surface area contributed by atoms with E-state index in [2.05, 4.69) is 5.32 Å². The lowest BCUT2D eigenvalue weighted by Crippen LogP contribution is -2.22. The standard InChI is InChI=1S/C15H17NO5/c1-4-12-8(2)5-13(21-12)14(17)16-7-10-6-11(15(18)19)9(3)20-10/h5-6H,4,7H2,1-3H3,(H,16,17)(H,18,19). The second-order valence-corrected chi connectivity index (χ2v) is 4.74. The van der Waals surface area contributed by atoms with E-state index in [-0.39, 0.29) is 23.8 Å². The number of amides is 1. The van der Waals surface area contributed by atoms with Gasteiger partial charge in [0.25, 0.3) is 5.91 Å². The smallest absolute Gasteiger partial charge is 0.339 e. The second kappa shape index (κ2) is 5.87. The van der Waals surface area contributed by atoms with Gasteiger partial charge in [-0.1, -0.05) is 6.92 Å². The number of nitrogens with one attached hydrogen (secondary N) is 1. The Kier molecular flexibility index (Phi) is 4.16. The van der Waals surface area contributed by atoms with Gasteiger partial charge in [0.15, 0.2) is 5.76 Å². The predicted molar refractivity (Wildman–Crippen MR) is 74.4 cm³/mol. The number of aryl methyl sites for hydroxylation is 3. The fourth-order valence-corrected chi connectivity index (χ4v) is 2.08. The zero-order valence-corrected chi connectivity index (χ0v) is 12.1. The maximum atomic E-state index is 12.0. The number of carboxylic acids is 1. The quantitative estimate of drug-likeness (QED) is 0.883. The van der Waals surface area contributed by atoms with Crippen molar-refractivity contribution < 1.29 is 23.5 Å². The molecule has 0 saturated heterocycles. The fraction of sp³-hybridized carbons (Fsp3) is 0.333. The number of carboxylic acid groups (broad SMARTS) is 1. The van der Waals surface area contributed by atoms with Gasteiger partial charge < -0.3 is 19.3 Å². The van der Waals surface area contributed by atoms with Crippen molar-refractivity contribution in [1.29, 1.82) is 0 Å². The van der Waals surface area contributed by atoms with Crippen molar-refractivity contribution in [2.75, 3.05) is 0 Å². The van der Waals surface area contributed by atoms with Crippen LogP contribution in [0, 0.1) is 13.8 Å². The zero-order valence-electron chi connectivity index (χ0n) is 12.1. The van der Waals surface area contributed by atoms with Gasteiger partial charge in [0, 0.05) is 6.42 Å². The lowest BCUT2D eigenvalue weighted by Gasteiger charge is -2.00. The van der Waals surface area contributed by atoms with E-state index < -0.39 is 5.97 Å². The van der Waals surface area contributed by atoms with E-state index in [1.807, 2.05) is 13.8 Å². The fourth-order valence-electron chi connectivity index (χ4n) is 2.08. The number of hydrogen-bond donors (Lipinski definition) is 2. The van der Waals surface area contributed by atoms with Crippen LogP contribution in [0.5, 0.6) is 0 Å². The summed E-state index contributed by atoms with van der Waals surface area (Å²) < 4.78 is 10.7. The van der Waals surface area contributed by atoms with E-state index in [4.69, 9.17) is 13.9 Å². The van der Waals surface area contributed by atoms with Gasteiger partial charge >= 0.3 is 5.97 Å². The van der Waals surface area contributed by atoms with Crippen LogP contribution in [0.3, 0.4) is 0 Å². The third-order valence-electron chi connectivity index (χ3n) is 3.19. The number of carbonyl (C=O) groups is 2. The van der Waals surface area contributed by atoms with Crippen LogP contribution in [0.2, 0.25) is 0 Å². The van der Waals surface area contributed by atoms with Gasteiger partial charge in [-0.3, -0.25) is 4.79 Å². The van der Waals surface area contributed by atoms with Gasteiger partial charge in [0.1, 0.15) is 22.8 Å². The minimum Gasteiger partial charge on any atom is -0.478 e. The average molecular weight is 291 g/mol. The van der Waals surface area contributed by atoms with E-state index in [0.717, 1.165) is 17.7 Å². The molecule has 1 amide bonds. The number of rotatable bonds is 5. The van der Waals surface area contributed by atoms with Crippen molar-refractivity contribution in [3.05, 3.63) is 46.3 Å². The highest BCUT2D eigenvalue weighted by Gasteiger charge is 2.16. The molecule has 0 atom stereocenters. The van der Waals surface area contributed by atoms with E-state index in [1.165, 1.54) is 6.07 Å². The summed E-state index contributed by atoms with van der Waals surface area (Å²) in [5.74, 6) is 0.311. The maximum Gasteiger partial charge on any atom is 0.339 e. The van der Waals surface area contributed by atoms with E-state index in [9.17, 15) is 9.59 Å². The highest BCUT2D eigenvalue weighted by Crippen LogP contribution is 2.16. The van der Waals surface area contributed by atoms with Crippen molar-refractivity contribution in [2.45, 2.75) is 33.7 Å². The Morgan fingerprint density at radius 3 is 2.48 bits per heavy atom. The number of carbonyl (C=O) groups excluding carboxylic acids is 1. The molecule has 0 fully saturated rings. The average Bonchev–Trinajstić information content (AvgIpc) is 2.99. The molecule has 6 nitrogen and oxygen atoms in total. The molecule has 0 aliphatic heterocycles. The van der Waals surface area contributed by atoms with Crippen LogP contribution in [0.15, 0.2) is 21.0 Å². The van der Waals surface area contributed by atoms with E-state index >= 15 is 0 Å². The molecule has 2 aromatic heterocycles. The first-order valence-corrected chi connectivity index (χ1v) is 6.62. The molecule has 0 aliphatic carbocycles. The molecule has 0 radical (unpaired) electrons. The summed E-state index contributed by atoms with van der Waals surface area (Å²) in [6.07, 6.45) is 0.721. The van der Waals surface area contributed by atoms with Crippen molar-refractivity contribution in [1.82, 2.24) is 5.32 Å². The summed E-state index contributed by atoms with van der Waals surface area (Å²) in [5.41, 5.74) is 1.03. The van der Waals surface area contributed by atoms with E-state index in [0.29, 0.717) is 11.5 Å². The molecule has 6 heteroatoms. The lowest BCUT2D eigenvalue weighted by atomic mass is 10.2. The molecule has 0 spiro atoms. The van der Waals surface area contributed by atoms with Gasteiger partial charge in [-0.2, -0.15) is 0 Å².